The van der Waals surface area contributed by atoms with Crippen molar-refractivity contribution in [1.82, 2.24) is 0 Å². The molecule has 110 valence electrons. The quantitative estimate of drug-likeness (QED) is 0.599. The maximum Gasteiger partial charge on any atom is 0.264 e. The maximum atomic E-state index is 10.7. The second-order valence-electron chi connectivity index (χ2n) is 7.51. The first kappa shape index (κ1) is 13.9. The molecule has 0 atom stereocenters. The zero-order valence-electron chi connectivity index (χ0n) is 11.7. The molecule has 0 amide bonds. The normalized spacial score (nSPS) is 40.8. The highest BCUT2D eigenvalue weighted by molar-refractivity contribution is 7.85. The summed E-state index contributed by atoms with van der Waals surface area (Å²) in [6, 6.07) is 0. The zero-order valence-corrected chi connectivity index (χ0v) is 12.5. The van der Waals surface area contributed by atoms with E-state index < -0.39 is 10.1 Å². The molecule has 3 nitrogen and oxygen atoms in total. The van der Waals surface area contributed by atoms with Crippen molar-refractivity contribution in [1.29, 1.82) is 0 Å². The van der Waals surface area contributed by atoms with Crippen molar-refractivity contribution in [3.8, 4) is 0 Å². The van der Waals surface area contributed by atoms with E-state index in [1.807, 2.05) is 0 Å². The summed E-state index contributed by atoms with van der Waals surface area (Å²) in [7, 11) is -3.75. The minimum Gasteiger partial charge on any atom is -0.286 e. The molecule has 4 fully saturated rings. The van der Waals surface area contributed by atoms with Gasteiger partial charge in [-0.25, -0.2) is 0 Å². The Kier molecular flexibility index (Phi) is 3.67. The molecule has 0 heterocycles. The molecule has 4 saturated carbocycles. The van der Waals surface area contributed by atoms with Gasteiger partial charge in [-0.05, 0) is 74.5 Å². The average Bonchev–Trinajstić information content (AvgIpc) is 2.24. The third-order valence-corrected chi connectivity index (χ3v) is 6.58. The van der Waals surface area contributed by atoms with Crippen LogP contribution in [-0.2, 0) is 10.1 Å². The van der Waals surface area contributed by atoms with Crippen LogP contribution in [0.25, 0.3) is 0 Å². The molecule has 0 aromatic rings. The third kappa shape index (κ3) is 3.33. The van der Waals surface area contributed by atoms with Crippen molar-refractivity contribution in [2.45, 2.75) is 64.2 Å². The summed E-state index contributed by atoms with van der Waals surface area (Å²) in [4.78, 5) is 0. The van der Waals surface area contributed by atoms with Crippen LogP contribution in [0.2, 0.25) is 0 Å². The molecule has 4 bridgehead atoms. The van der Waals surface area contributed by atoms with E-state index in [0.717, 1.165) is 30.6 Å². The topological polar surface area (TPSA) is 54.4 Å². The molecule has 1 N–H and O–H groups in total. The Balaban J connectivity index is 1.45. The lowest BCUT2D eigenvalue weighted by Gasteiger charge is -2.57. The third-order valence-electron chi connectivity index (χ3n) is 5.77. The fourth-order valence-corrected chi connectivity index (χ4v) is 6.13. The molecule has 4 aliphatic carbocycles. The minimum absolute atomic E-state index is 0.0616. The Labute approximate surface area is 116 Å². The summed E-state index contributed by atoms with van der Waals surface area (Å²) in [6.45, 7) is 0. The summed E-state index contributed by atoms with van der Waals surface area (Å²) >= 11 is 0. The van der Waals surface area contributed by atoms with Crippen LogP contribution in [0.1, 0.15) is 64.2 Å². The average molecular weight is 286 g/mol. The van der Waals surface area contributed by atoms with Gasteiger partial charge in [0.2, 0.25) is 0 Å². The van der Waals surface area contributed by atoms with Crippen LogP contribution < -0.4 is 0 Å². The molecular formula is C15H26O3S. The summed E-state index contributed by atoms with van der Waals surface area (Å²) in [5.41, 5.74) is 0.618. The first-order valence-corrected chi connectivity index (χ1v) is 9.50. The Hall–Kier alpha value is -0.0900. The molecule has 0 aromatic heterocycles. The molecule has 0 aliphatic heterocycles. The molecule has 0 saturated heterocycles. The van der Waals surface area contributed by atoms with Crippen LogP contribution >= 0.6 is 0 Å². The highest BCUT2D eigenvalue weighted by atomic mass is 32.2. The van der Waals surface area contributed by atoms with Crippen molar-refractivity contribution < 1.29 is 13.0 Å². The van der Waals surface area contributed by atoms with Crippen molar-refractivity contribution in [3.63, 3.8) is 0 Å². The predicted molar refractivity (Wildman–Crippen MR) is 75.5 cm³/mol. The zero-order chi connectivity index (χ0) is 13.5. The summed E-state index contributed by atoms with van der Waals surface area (Å²) < 4.78 is 30.1. The Morgan fingerprint density at radius 3 is 1.89 bits per heavy atom. The molecule has 19 heavy (non-hydrogen) atoms. The van der Waals surface area contributed by atoms with Crippen LogP contribution in [-0.4, -0.2) is 18.7 Å². The van der Waals surface area contributed by atoms with E-state index in [1.54, 1.807) is 0 Å². The number of hydrogen-bond donors (Lipinski definition) is 1. The van der Waals surface area contributed by atoms with E-state index in [4.69, 9.17) is 4.55 Å². The van der Waals surface area contributed by atoms with Crippen molar-refractivity contribution in [2.75, 3.05) is 5.75 Å². The first-order chi connectivity index (χ1) is 8.94. The van der Waals surface area contributed by atoms with Gasteiger partial charge in [-0.2, -0.15) is 8.42 Å². The Bertz CT molecular complexity index is 391. The number of rotatable bonds is 6. The summed E-state index contributed by atoms with van der Waals surface area (Å²) in [6.07, 6.45) is 12.8. The van der Waals surface area contributed by atoms with E-state index in [-0.39, 0.29) is 5.75 Å². The number of hydrogen-bond acceptors (Lipinski definition) is 2. The maximum absolute atomic E-state index is 10.7. The van der Waals surface area contributed by atoms with E-state index >= 15 is 0 Å². The van der Waals surface area contributed by atoms with Gasteiger partial charge in [0.1, 0.15) is 0 Å². The Morgan fingerprint density at radius 1 is 0.895 bits per heavy atom. The largest absolute Gasteiger partial charge is 0.286 e. The first-order valence-electron chi connectivity index (χ1n) is 7.89. The van der Waals surface area contributed by atoms with Crippen LogP contribution in [0.15, 0.2) is 0 Å². The van der Waals surface area contributed by atoms with Gasteiger partial charge >= 0.3 is 0 Å². The molecular weight excluding hydrogens is 260 g/mol. The van der Waals surface area contributed by atoms with Crippen molar-refractivity contribution >= 4 is 10.1 Å². The van der Waals surface area contributed by atoms with E-state index in [0.29, 0.717) is 11.8 Å². The van der Waals surface area contributed by atoms with Crippen LogP contribution in [0.4, 0.5) is 0 Å². The smallest absolute Gasteiger partial charge is 0.264 e. The van der Waals surface area contributed by atoms with Crippen molar-refractivity contribution in [2.24, 2.45) is 23.2 Å². The van der Waals surface area contributed by atoms with Crippen LogP contribution in [0, 0.1) is 23.2 Å². The molecule has 4 heteroatoms. The minimum atomic E-state index is -3.75. The van der Waals surface area contributed by atoms with Gasteiger partial charge in [0.05, 0.1) is 5.75 Å². The van der Waals surface area contributed by atoms with E-state index in [9.17, 15) is 8.42 Å². The lowest BCUT2D eigenvalue weighted by Crippen LogP contribution is -2.45. The molecule has 0 unspecified atom stereocenters. The molecule has 4 rings (SSSR count). The fourth-order valence-electron chi connectivity index (χ4n) is 5.56. The van der Waals surface area contributed by atoms with Gasteiger partial charge in [-0.1, -0.05) is 12.8 Å². The van der Waals surface area contributed by atoms with E-state index in [2.05, 4.69) is 0 Å². The standard InChI is InChI=1S/C15H26O3S/c16-19(17,18)5-3-1-2-4-15-9-12-6-13(10-15)8-14(7-12)11-15/h12-14H,1-11H2,(H,16,17,18). The Morgan fingerprint density at radius 2 is 1.42 bits per heavy atom. The molecule has 0 spiro atoms. The van der Waals surface area contributed by atoms with Gasteiger partial charge in [-0.3, -0.25) is 4.55 Å². The fraction of sp³-hybridized carbons (Fsp3) is 1.00. The second-order valence-corrected chi connectivity index (χ2v) is 9.09. The highest BCUT2D eigenvalue weighted by Crippen LogP contribution is 2.61. The SMILES string of the molecule is O=S(=O)(O)CCCCCC12CC3CC(CC(C3)C1)C2. The van der Waals surface area contributed by atoms with Gasteiger partial charge in [0.25, 0.3) is 10.1 Å². The lowest BCUT2D eigenvalue weighted by molar-refractivity contribution is -0.0583. The highest BCUT2D eigenvalue weighted by Gasteiger charge is 2.50. The van der Waals surface area contributed by atoms with Crippen molar-refractivity contribution in [3.05, 3.63) is 0 Å². The lowest BCUT2D eigenvalue weighted by atomic mass is 9.48. The van der Waals surface area contributed by atoms with Gasteiger partial charge < -0.3 is 0 Å². The summed E-state index contributed by atoms with van der Waals surface area (Å²) in [5.74, 6) is 2.95. The van der Waals surface area contributed by atoms with Crippen LogP contribution in [0.3, 0.4) is 0 Å². The molecule has 0 aromatic carbocycles. The van der Waals surface area contributed by atoms with Gasteiger partial charge in [0, 0.05) is 0 Å². The predicted octanol–water partition coefficient (Wildman–Crippen LogP) is 3.65. The van der Waals surface area contributed by atoms with Crippen LogP contribution in [0.5, 0.6) is 0 Å². The monoisotopic (exact) mass is 286 g/mol. The van der Waals surface area contributed by atoms with Gasteiger partial charge in [-0.15, -0.1) is 0 Å². The number of unbranched alkanes of at least 4 members (excludes halogenated alkanes) is 2. The molecule has 4 aliphatic rings. The van der Waals surface area contributed by atoms with E-state index in [1.165, 1.54) is 44.9 Å². The summed E-state index contributed by atoms with van der Waals surface area (Å²) in [5, 5.41) is 0. The second kappa shape index (κ2) is 5.03. The molecule has 0 radical (unpaired) electrons. The van der Waals surface area contributed by atoms with Gasteiger partial charge in [0.15, 0.2) is 0 Å².